The third-order valence-corrected chi connectivity index (χ3v) is 3.50. The van der Waals surface area contributed by atoms with Crippen molar-refractivity contribution in [2.75, 3.05) is 18.4 Å². The Morgan fingerprint density at radius 1 is 1.61 bits per heavy atom. The van der Waals surface area contributed by atoms with Gasteiger partial charge in [-0.2, -0.15) is 5.10 Å². The smallest absolute Gasteiger partial charge is 0.233 e. The Morgan fingerprint density at radius 3 is 3.11 bits per heavy atom. The molecule has 0 radical (unpaired) electrons. The molecule has 0 bridgehead atoms. The van der Waals surface area contributed by atoms with E-state index in [0.29, 0.717) is 5.82 Å². The predicted octanol–water partition coefficient (Wildman–Crippen LogP) is 1.58. The average molecular weight is 248 g/mol. The molecule has 5 nitrogen and oxygen atoms in total. The average Bonchev–Trinajstić information content (AvgIpc) is 2.41. The number of rotatable bonds is 4. The molecule has 1 amide bonds. The molecule has 2 N–H and O–H groups in total. The second kappa shape index (κ2) is 5.91. The zero-order valence-electron chi connectivity index (χ0n) is 10.8. The molecule has 0 aromatic carbocycles. The van der Waals surface area contributed by atoms with E-state index in [-0.39, 0.29) is 11.3 Å². The van der Waals surface area contributed by atoms with E-state index in [1.165, 1.54) is 0 Å². The minimum absolute atomic E-state index is 0.0667. The van der Waals surface area contributed by atoms with Crippen LogP contribution in [0.25, 0.3) is 0 Å². The molecule has 1 unspecified atom stereocenters. The molecule has 1 aliphatic heterocycles. The fraction of sp³-hybridized carbons (Fsp3) is 0.615. The van der Waals surface area contributed by atoms with Crippen molar-refractivity contribution in [1.82, 2.24) is 15.5 Å². The van der Waals surface area contributed by atoms with Gasteiger partial charge in [0.15, 0.2) is 5.82 Å². The van der Waals surface area contributed by atoms with Crippen LogP contribution in [0.3, 0.4) is 0 Å². The molecular formula is C13H20N4O. The lowest BCUT2D eigenvalue weighted by Crippen LogP contribution is -2.48. The summed E-state index contributed by atoms with van der Waals surface area (Å²) in [7, 11) is 0. The van der Waals surface area contributed by atoms with Gasteiger partial charge in [0.2, 0.25) is 5.91 Å². The molecule has 2 heterocycles. The summed E-state index contributed by atoms with van der Waals surface area (Å²) >= 11 is 0. The molecule has 1 fully saturated rings. The normalized spacial score (nSPS) is 23.6. The number of carbonyl (C=O) groups is 1. The molecule has 2 rings (SSSR count). The lowest BCUT2D eigenvalue weighted by molar-refractivity contribution is -0.127. The van der Waals surface area contributed by atoms with Crippen LogP contribution in [0, 0.1) is 5.41 Å². The first-order valence-corrected chi connectivity index (χ1v) is 6.57. The van der Waals surface area contributed by atoms with Crippen LogP contribution in [-0.2, 0) is 4.79 Å². The van der Waals surface area contributed by atoms with Gasteiger partial charge in [-0.05, 0) is 37.9 Å². The van der Waals surface area contributed by atoms with Gasteiger partial charge in [0, 0.05) is 12.7 Å². The summed E-state index contributed by atoms with van der Waals surface area (Å²) in [5.41, 5.74) is -0.287. The highest BCUT2D eigenvalue weighted by Crippen LogP contribution is 2.32. The second-order valence-electron chi connectivity index (χ2n) is 4.87. The fourth-order valence-electron chi connectivity index (χ4n) is 2.58. The molecule has 0 saturated carbocycles. The highest BCUT2D eigenvalue weighted by atomic mass is 16.2. The molecule has 1 saturated heterocycles. The van der Waals surface area contributed by atoms with E-state index < -0.39 is 0 Å². The highest BCUT2D eigenvalue weighted by molar-refractivity contribution is 5.94. The zero-order valence-corrected chi connectivity index (χ0v) is 10.8. The number of hydrogen-bond donors (Lipinski definition) is 2. The minimum atomic E-state index is -0.287. The number of piperidine rings is 1. The summed E-state index contributed by atoms with van der Waals surface area (Å²) < 4.78 is 0. The van der Waals surface area contributed by atoms with E-state index in [9.17, 15) is 4.79 Å². The number of nitrogens with zero attached hydrogens (tertiary/aromatic N) is 2. The molecule has 5 heteroatoms. The fourth-order valence-corrected chi connectivity index (χ4v) is 2.58. The standard InChI is InChI=1S/C13H20N4O/c1-2-6-13(7-4-8-14-10-13)12(18)16-11-5-3-9-15-17-11/h3,5,9,14H,2,4,6-8,10H2,1H3,(H,16,17,18). The molecule has 1 aromatic heterocycles. The van der Waals surface area contributed by atoms with Crippen LogP contribution in [0.5, 0.6) is 0 Å². The van der Waals surface area contributed by atoms with Crippen LogP contribution in [0.15, 0.2) is 18.3 Å². The van der Waals surface area contributed by atoms with Gasteiger partial charge in [0.05, 0.1) is 5.41 Å². The van der Waals surface area contributed by atoms with Gasteiger partial charge >= 0.3 is 0 Å². The Bertz CT molecular complexity index is 382. The van der Waals surface area contributed by atoms with E-state index in [1.807, 2.05) is 0 Å². The SMILES string of the molecule is CCCC1(C(=O)Nc2cccnn2)CCCNC1. The first-order valence-electron chi connectivity index (χ1n) is 6.57. The van der Waals surface area contributed by atoms with Crippen molar-refractivity contribution in [2.45, 2.75) is 32.6 Å². The lowest BCUT2D eigenvalue weighted by Gasteiger charge is -2.36. The van der Waals surface area contributed by atoms with Crippen molar-refractivity contribution in [1.29, 1.82) is 0 Å². The van der Waals surface area contributed by atoms with Gasteiger partial charge in [-0.25, -0.2) is 0 Å². The third kappa shape index (κ3) is 2.85. The minimum Gasteiger partial charge on any atom is -0.316 e. The van der Waals surface area contributed by atoms with Crippen molar-refractivity contribution < 1.29 is 4.79 Å². The topological polar surface area (TPSA) is 66.9 Å². The number of anilines is 1. The van der Waals surface area contributed by atoms with Crippen molar-refractivity contribution in [3.63, 3.8) is 0 Å². The van der Waals surface area contributed by atoms with Crippen LogP contribution in [0.1, 0.15) is 32.6 Å². The quantitative estimate of drug-likeness (QED) is 0.849. The molecule has 18 heavy (non-hydrogen) atoms. The summed E-state index contributed by atoms with van der Waals surface area (Å²) in [6.07, 6.45) is 5.51. The van der Waals surface area contributed by atoms with Crippen LogP contribution >= 0.6 is 0 Å². The van der Waals surface area contributed by atoms with E-state index in [2.05, 4.69) is 27.8 Å². The van der Waals surface area contributed by atoms with Crippen LogP contribution in [0.4, 0.5) is 5.82 Å². The van der Waals surface area contributed by atoms with Gasteiger partial charge < -0.3 is 10.6 Å². The summed E-state index contributed by atoms with van der Waals surface area (Å²) in [5.74, 6) is 0.598. The van der Waals surface area contributed by atoms with Crippen LogP contribution < -0.4 is 10.6 Å². The highest BCUT2D eigenvalue weighted by Gasteiger charge is 2.38. The second-order valence-corrected chi connectivity index (χ2v) is 4.87. The van der Waals surface area contributed by atoms with E-state index >= 15 is 0 Å². The molecule has 98 valence electrons. The summed E-state index contributed by atoms with van der Waals surface area (Å²) in [5, 5.41) is 13.9. The maximum Gasteiger partial charge on any atom is 0.233 e. The Kier molecular flexibility index (Phi) is 4.25. The lowest BCUT2D eigenvalue weighted by atomic mass is 9.76. The number of carbonyl (C=O) groups excluding carboxylic acids is 1. The maximum absolute atomic E-state index is 12.5. The number of amides is 1. The van der Waals surface area contributed by atoms with Gasteiger partial charge in [0.1, 0.15) is 0 Å². The molecule has 1 aromatic rings. The Hall–Kier alpha value is -1.49. The number of hydrogen-bond acceptors (Lipinski definition) is 4. The first-order chi connectivity index (χ1) is 8.77. The third-order valence-electron chi connectivity index (χ3n) is 3.50. The Labute approximate surface area is 107 Å². The van der Waals surface area contributed by atoms with Crippen LogP contribution in [0.2, 0.25) is 0 Å². The van der Waals surface area contributed by atoms with Gasteiger partial charge in [0.25, 0.3) is 0 Å². The molecule has 1 atom stereocenters. The summed E-state index contributed by atoms with van der Waals surface area (Å²) in [6.45, 7) is 3.88. The van der Waals surface area contributed by atoms with Gasteiger partial charge in [-0.3, -0.25) is 4.79 Å². The molecule has 1 aliphatic rings. The van der Waals surface area contributed by atoms with Crippen molar-refractivity contribution in [3.8, 4) is 0 Å². The Morgan fingerprint density at radius 2 is 2.50 bits per heavy atom. The monoisotopic (exact) mass is 248 g/mol. The number of nitrogens with one attached hydrogen (secondary N) is 2. The maximum atomic E-state index is 12.5. The van der Waals surface area contributed by atoms with Crippen molar-refractivity contribution in [2.24, 2.45) is 5.41 Å². The van der Waals surface area contributed by atoms with Crippen LogP contribution in [-0.4, -0.2) is 29.2 Å². The van der Waals surface area contributed by atoms with Gasteiger partial charge in [-0.1, -0.05) is 13.3 Å². The first kappa shape index (κ1) is 13.0. The van der Waals surface area contributed by atoms with E-state index in [1.54, 1.807) is 18.3 Å². The van der Waals surface area contributed by atoms with Crippen molar-refractivity contribution in [3.05, 3.63) is 18.3 Å². The van der Waals surface area contributed by atoms with E-state index in [0.717, 1.165) is 38.8 Å². The zero-order chi connectivity index (χ0) is 12.8. The molecular weight excluding hydrogens is 228 g/mol. The summed E-state index contributed by atoms with van der Waals surface area (Å²) in [6, 6.07) is 3.54. The Balaban J connectivity index is 2.08. The molecule has 0 aliphatic carbocycles. The molecule has 0 spiro atoms. The predicted molar refractivity (Wildman–Crippen MR) is 70.1 cm³/mol. The largest absolute Gasteiger partial charge is 0.316 e. The van der Waals surface area contributed by atoms with Gasteiger partial charge in [-0.15, -0.1) is 5.10 Å². The summed E-state index contributed by atoms with van der Waals surface area (Å²) in [4.78, 5) is 12.5. The van der Waals surface area contributed by atoms with E-state index in [4.69, 9.17) is 0 Å². The van der Waals surface area contributed by atoms with Crippen molar-refractivity contribution >= 4 is 11.7 Å². The number of aromatic nitrogens is 2.